The first-order valence-electron chi connectivity index (χ1n) is 6.16. The average Bonchev–Trinajstić information content (AvgIpc) is 2.37. The van der Waals surface area contributed by atoms with Gasteiger partial charge in [0.25, 0.3) is 0 Å². The van der Waals surface area contributed by atoms with Crippen molar-refractivity contribution in [2.45, 2.75) is 25.0 Å². The Balaban J connectivity index is 2.52. The zero-order valence-corrected chi connectivity index (χ0v) is 11.9. The third-order valence-corrected chi connectivity index (χ3v) is 3.65. The van der Waals surface area contributed by atoms with Gasteiger partial charge in [0.1, 0.15) is 0 Å². The molecule has 0 bridgehead atoms. The van der Waals surface area contributed by atoms with Crippen LogP contribution in [0.15, 0.2) is 30.3 Å². The number of nitrogens with one attached hydrogen (secondary N) is 1. The Morgan fingerprint density at radius 1 is 1.26 bits per heavy atom. The predicted octanol–water partition coefficient (Wildman–Crippen LogP) is 2.11. The van der Waals surface area contributed by atoms with Crippen LogP contribution in [0.4, 0.5) is 0 Å². The molecule has 0 aliphatic carbocycles. The second-order valence-corrected chi connectivity index (χ2v) is 6.03. The molecule has 0 radical (unpaired) electrons. The van der Waals surface area contributed by atoms with Crippen LogP contribution in [0.2, 0.25) is 0 Å². The third kappa shape index (κ3) is 5.79. The molecule has 0 aliphatic heterocycles. The first-order chi connectivity index (χ1) is 9.00. The molecule has 1 amide bonds. The Morgan fingerprint density at radius 3 is 2.42 bits per heavy atom. The summed E-state index contributed by atoms with van der Waals surface area (Å²) in [7, 11) is 0. The maximum Gasteiger partial charge on any atom is 0.312 e. The van der Waals surface area contributed by atoms with Gasteiger partial charge in [-0.2, -0.15) is 0 Å². The molecule has 0 fully saturated rings. The summed E-state index contributed by atoms with van der Waals surface area (Å²) in [5, 5.41) is 12.3. The van der Waals surface area contributed by atoms with E-state index < -0.39 is 11.9 Å². The third-order valence-electron chi connectivity index (χ3n) is 2.55. The number of carboxylic acid groups (broad SMARTS) is 1. The summed E-state index contributed by atoms with van der Waals surface area (Å²) in [6.45, 7) is 4.15. The fourth-order valence-corrected chi connectivity index (χ4v) is 2.13. The number of thioether (sulfide) groups is 1. The van der Waals surface area contributed by atoms with Crippen molar-refractivity contribution in [3.8, 4) is 0 Å². The van der Waals surface area contributed by atoms with E-state index in [9.17, 15) is 14.7 Å². The number of rotatable bonds is 7. The Kier molecular flexibility index (Phi) is 6.42. The Morgan fingerprint density at radius 2 is 1.89 bits per heavy atom. The predicted molar refractivity (Wildman–Crippen MR) is 77.4 cm³/mol. The molecule has 1 aromatic carbocycles. The Bertz CT molecular complexity index is 420. The minimum atomic E-state index is -0.928. The molecule has 104 valence electrons. The van der Waals surface area contributed by atoms with E-state index in [1.165, 1.54) is 11.8 Å². The second-order valence-electron chi connectivity index (χ2n) is 4.47. The molecule has 19 heavy (non-hydrogen) atoms. The van der Waals surface area contributed by atoms with Crippen molar-refractivity contribution in [3.05, 3.63) is 35.9 Å². The molecule has 0 spiro atoms. The Labute approximate surface area is 117 Å². The van der Waals surface area contributed by atoms with Crippen molar-refractivity contribution in [2.75, 3.05) is 12.3 Å². The summed E-state index contributed by atoms with van der Waals surface area (Å²) >= 11 is 1.54. The van der Waals surface area contributed by atoms with Crippen molar-refractivity contribution < 1.29 is 14.7 Å². The van der Waals surface area contributed by atoms with Crippen LogP contribution in [0, 0.1) is 0 Å². The van der Waals surface area contributed by atoms with Gasteiger partial charge in [-0.1, -0.05) is 44.2 Å². The zero-order valence-electron chi connectivity index (χ0n) is 11.1. The lowest BCUT2D eigenvalue weighted by Crippen LogP contribution is -2.33. The minimum absolute atomic E-state index is 0.122. The fourth-order valence-electron chi connectivity index (χ4n) is 1.54. The van der Waals surface area contributed by atoms with E-state index in [1.807, 2.05) is 19.9 Å². The highest BCUT2D eigenvalue weighted by Crippen LogP contribution is 2.15. The van der Waals surface area contributed by atoms with E-state index in [0.717, 1.165) is 0 Å². The number of carbonyl (C=O) groups is 2. The van der Waals surface area contributed by atoms with Crippen molar-refractivity contribution in [1.29, 1.82) is 0 Å². The van der Waals surface area contributed by atoms with Crippen molar-refractivity contribution >= 4 is 23.6 Å². The molecule has 0 heterocycles. The molecular weight excluding hydrogens is 262 g/mol. The van der Waals surface area contributed by atoms with Crippen molar-refractivity contribution in [2.24, 2.45) is 0 Å². The van der Waals surface area contributed by atoms with Gasteiger partial charge in [-0.15, -0.1) is 11.8 Å². The molecule has 1 aromatic rings. The number of carboxylic acids is 1. The van der Waals surface area contributed by atoms with Crippen LogP contribution in [-0.2, 0) is 9.59 Å². The maximum absolute atomic E-state index is 11.6. The molecule has 1 unspecified atom stereocenters. The summed E-state index contributed by atoms with van der Waals surface area (Å²) in [6.07, 6.45) is 0. The molecule has 4 nitrogen and oxygen atoms in total. The van der Waals surface area contributed by atoms with Crippen LogP contribution < -0.4 is 5.32 Å². The number of aliphatic carboxylic acids is 1. The van der Waals surface area contributed by atoms with Crippen LogP contribution in [0.5, 0.6) is 0 Å². The highest BCUT2D eigenvalue weighted by molar-refractivity contribution is 8.00. The van der Waals surface area contributed by atoms with Crippen molar-refractivity contribution in [3.63, 3.8) is 0 Å². The van der Waals surface area contributed by atoms with Crippen LogP contribution in [0.3, 0.4) is 0 Å². The molecule has 2 N–H and O–H groups in total. The summed E-state index contributed by atoms with van der Waals surface area (Å²) < 4.78 is 0. The lowest BCUT2D eigenvalue weighted by Gasteiger charge is -2.14. The first-order valence-corrected chi connectivity index (χ1v) is 7.21. The highest BCUT2D eigenvalue weighted by atomic mass is 32.2. The number of hydrogen-bond acceptors (Lipinski definition) is 3. The monoisotopic (exact) mass is 281 g/mol. The fraction of sp³-hybridized carbons (Fsp3) is 0.429. The number of benzene rings is 1. The molecule has 0 aromatic heterocycles. The van der Waals surface area contributed by atoms with E-state index >= 15 is 0 Å². The molecule has 0 aliphatic rings. The van der Waals surface area contributed by atoms with E-state index in [1.54, 1.807) is 24.3 Å². The summed E-state index contributed by atoms with van der Waals surface area (Å²) in [6, 6.07) is 8.94. The largest absolute Gasteiger partial charge is 0.481 e. The molecule has 1 atom stereocenters. The van der Waals surface area contributed by atoms with Crippen LogP contribution in [0.25, 0.3) is 0 Å². The van der Waals surface area contributed by atoms with E-state index in [0.29, 0.717) is 16.6 Å². The second kappa shape index (κ2) is 7.84. The van der Waals surface area contributed by atoms with Gasteiger partial charge >= 0.3 is 5.97 Å². The standard InChI is InChI=1S/C14H19NO3S/c1-10(2)19-9-13(16)15-8-12(14(17)18)11-6-4-3-5-7-11/h3-7,10,12H,8-9H2,1-2H3,(H,15,16)(H,17,18). The minimum Gasteiger partial charge on any atom is -0.481 e. The molecule has 0 saturated carbocycles. The smallest absolute Gasteiger partial charge is 0.312 e. The van der Waals surface area contributed by atoms with E-state index in [2.05, 4.69) is 5.32 Å². The normalized spacial score (nSPS) is 12.2. The zero-order chi connectivity index (χ0) is 14.3. The van der Waals surface area contributed by atoms with Gasteiger partial charge < -0.3 is 10.4 Å². The van der Waals surface area contributed by atoms with Crippen molar-refractivity contribution in [1.82, 2.24) is 5.32 Å². The van der Waals surface area contributed by atoms with Gasteiger partial charge in [0.15, 0.2) is 0 Å². The van der Waals surface area contributed by atoms with Crippen LogP contribution >= 0.6 is 11.8 Å². The van der Waals surface area contributed by atoms with Gasteiger partial charge in [-0.25, -0.2) is 0 Å². The van der Waals surface area contributed by atoms with Gasteiger partial charge in [0, 0.05) is 6.54 Å². The molecule has 5 heteroatoms. The summed E-state index contributed by atoms with van der Waals surface area (Å²) in [5.74, 6) is -1.39. The number of hydrogen-bond donors (Lipinski definition) is 2. The molecular formula is C14H19NO3S. The van der Waals surface area contributed by atoms with Crippen LogP contribution in [-0.4, -0.2) is 34.5 Å². The van der Waals surface area contributed by atoms with Crippen LogP contribution in [0.1, 0.15) is 25.3 Å². The lowest BCUT2D eigenvalue weighted by atomic mass is 9.99. The SMILES string of the molecule is CC(C)SCC(=O)NCC(C(=O)O)c1ccccc1. The topological polar surface area (TPSA) is 66.4 Å². The number of amides is 1. The van der Waals surface area contributed by atoms with Gasteiger partial charge in [-0.05, 0) is 10.8 Å². The molecule has 0 saturated heterocycles. The summed E-state index contributed by atoms with van der Waals surface area (Å²) in [5.41, 5.74) is 0.701. The first kappa shape index (κ1) is 15.6. The summed E-state index contributed by atoms with van der Waals surface area (Å²) in [4.78, 5) is 22.8. The average molecular weight is 281 g/mol. The Hall–Kier alpha value is -1.49. The quantitative estimate of drug-likeness (QED) is 0.803. The molecule has 1 rings (SSSR count). The van der Waals surface area contributed by atoms with Gasteiger partial charge in [0.05, 0.1) is 11.7 Å². The lowest BCUT2D eigenvalue weighted by molar-refractivity contribution is -0.138. The van der Waals surface area contributed by atoms with Gasteiger partial charge in [-0.3, -0.25) is 9.59 Å². The van der Waals surface area contributed by atoms with Gasteiger partial charge in [0.2, 0.25) is 5.91 Å². The number of carbonyl (C=O) groups excluding carboxylic acids is 1. The van der Waals surface area contributed by atoms with E-state index in [4.69, 9.17) is 0 Å². The van der Waals surface area contributed by atoms with E-state index in [-0.39, 0.29) is 12.5 Å². The maximum atomic E-state index is 11.6. The highest BCUT2D eigenvalue weighted by Gasteiger charge is 2.20.